The van der Waals surface area contributed by atoms with Crippen LogP contribution < -0.4 is 15.5 Å². The zero-order valence-electron chi connectivity index (χ0n) is 12.3. The predicted molar refractivity (Wildman–Crippen MR) is 80.2 cm³/mol. The van der Waals surface area contributed by atoms with E-state index in [1.54, 1.807) is 6.92 Å². The van der Waals surface area contributed by atoms with Crippen LogP contribution in [-0.4, -0.2) is 52.3 Å². The summed E-state index contributed by atoms with van der Waals surface area (Å²) in [5.74, 6) is 1.80. The Balaban J connectivity index is 2.15. The summed E-state index contributed by atoms with van der Waals surface area (Å²) in [7, 11) is 0. The molecule has 2 rings (SSSR count). The molecule has 7 nitrogen and oxygen atoms in total. The molecule has 3 N–H and O–H groups in total. The molecule has 1 aromatic rings. The zero-order valence-corrected chi connectivity index (χ0v) is 12.3. The topological polar surface area (TPSA) is 86.2 Å². The fourth-order valence-electron chi connectivity index (χ4n) is 2.16. The predicted octanol–water partition coefficient (Wildman–Crippen LogP) is 1.09. The molecule has 1 unspecified atom stereocenters. The van der Waals surface area contributed by atoms with E-state index in [1.807, 2.05) is 6.92 Å². The number of rotatable bonds is 6. The average molecular weight is 280 g/mol. The molecule has 0 radical (unpaired) electrons. The van der Waals surface area contributed by atoms with E-state index in [-0.39, 0.29) is 0 Å². The third kappa shape index (κ3) is 4.19. The van der Waals surface area contributed by atoms with Gasteiger partial charge >= 0.3 is 0 Å². The Labute approximate surface area is 119 Å². The molecule has 0 spiro atoms. The maximum Gasteiger partial charge on any atom is 0.231 e. The van der Waals surface area contributed by atoms with Crippen LogP contribution in [0.2, 0.25) is 0 Å². The minimum Gasteiger partial charge on any atom is -0.392 e. The lowest BCUT2D eigenvalue weighted by Gasteiger charge is -2.27. The lowest BCUT2D eigenvalue weighted by Crippen LogP contribution is -2.31. The van der Waals surface area contributed by atoms with Gasteiger partial charge in [-0.1, -0.05) is 0 Å². The Bertz CT molecular complexity index is 419. The first-order valence-corrected chi connectivity index (χ1v) is 7.36. The van der Waals surface area contributed by atoms with Crippen molar-refractivity contribution >= 4 is 17.8 Å². The summed E-state index contributed by atoms with van der Waals surface area (Å²) in [6.45, 7) is 6.91. The number of nitrogens with zero attached hydrogens (tertiary/aromatic N) is 4. The van der Waals surface area contributed by atoms with Gasteiger partial charge in [-0.2, -0.15) is 15.0 Å². The van der Waals surface area contributed by atoms with Crippen molar-refractivity contribution in [1.29, 1.82) is 0 Å². The van der Waals surface area contributed by atoms with Crippen molar-refractivity contribution in [2.45, 2.75) is 39.2 Å². The highest BCUT2D eigenvalue weighted by Gasteiger charge is 2.16. The molecule has 7 heteroatoms. The SMILES string of the molecule is CCNc1nc(NCC(C)O)nc(N2CCCCC2)n1. The van der Waals surface area contributed by atoms with Crippen LogP contribution in [0, 0.1) is 0 Å². The monoisotopic (exact) mass is 280 g/mol. The van der Waals surface area contributed by atoms with Crippen molar-refractivity contribution < 1.29 is 5.11 Å². The summed E-state index contributed by atoms with van der Waals surface area (Å²) < 4.78 is 0. The summed E-state index contributed by atoms with van der Waals surface area (Å²) in [5.41, 5.74) is 0. The highest BCUT2D eigenvalue weighted by atomic mass is 16.3. The van der Waals surface area contributed by atoms with E-state index in [4.69, 9.17) is 0 Å². The number of anilines is 3. The van der Waals surface area contributed by atoms with Gasteiger partial charge in [0.2, 0.25) is 17.8 Å². The van der Waals surface area contributed by atoms with Crippen LogP contribution in [0.3, 0.4) is 0 Å². The van der Waals surface area contributed by atoms with Crippen LogP contribution in [0.5, 0.6) is 0 Å². The van der Waals surface area contributed by atoms with Crippen molar-refractivity contribution in [3.05, 3.63) is 0 Å². The highest BCUT2D eigenvalue weighted by Crippen LogP contribution is 2.18. The molecular formula is C13H24N6O. The summed E-state index contributed by atoms with van der Waals surface area (Å²) in [6.07, 6.45) is 3.19. The summed E-state index contributed by atoms with van der Waals surface area (Å²) in [4.78, 5) is 15.4. The highest BCUT2D eigenvalue weighted by molar-refractivity contribution is 5.44. The van der Waals surface area contributed by atoms with Gasteiger partial charge in [-0.25, -0.2) is 0 Å². The largest absolute Gasteiger partial charge is 0.392 e. The molecule has 0 saturated carbocycles. The second-order valence-corrected chi connectivity index (χ2v) is 5.09. The van der Waals surface area contributed by atoms with Crippen LogP contribution in [0.25, 0.3) is 0 Å². The normalized spacial score (nSPS) is 16.9. The lowest BCUT2D eigenvalue weighted by atomic mass is 10.1. The van der Waals surface area contributed by atoms with Crippen molar-refractivity contribution in [2.75, 3.05) is 41.7 Å². The average Bonchev–Trinajstić information content (AvgIpc) is 2.46. The van der Waals surface area contributed by atoms with Gasteiger partial charge in [0.1, 0.15) is 0 Å². The van der Waals surface area contributed by atoms with Crippen molar-refractivity contribution in [3.63, 3.8) is 0 Å². The fraction of sp³-hybridized carbons (Fsp3) is 0.769. The molecule has 1 fully saturated rings. The van der Waals surface area contributed by atoms with Crippen LogP contribution in [0.4, 0.5) is 17.8 Å². The van der Waals surface area contributed by atoms with Crippen LogP contribution in [0.15, 0.2) is 0 Å². The first-order valence-electron chi connectivity index (χ1n) is 7.36. The smallest absolute Gasteiger partial charge is 0.231 e. The number of hydrogen-bond donors (Lipinski definition) is 3. The second kappa shape index (κ2) is 7.23. The fourth-order valence-corrected chi connectivity index (χ4v) is 2.16. The van der Waals surface area contributed by atoms with Crippen LogP contribution in [-0.2, 0) is 0 Å². The van der Waals surface area contributed by atoms with E-state index in [0.717, 1.165) is 19.6 Å². The number of aliphatic hydroxyl groups is 1. The van der Waals surface area contributed by atoms with Gasteiger partial charge in [-0.05, 0) is 33.1 Å². The number of hydrogen-bond acceptors (Lipinski definition) is 7. The zero-order chi connectivity index (χ0) is 14.4. The molecule has 1 atom stereocenters. The van der Waals surface area contributed by atoms with E-state index >= 15 is 0 Å². The molecule has 0 aromatic carbocycles. The molecule has 1 saturated heterocycles. The van der Waals surface area contributed by atoms with Crippen molar-refractivity contribution in [2.24, 2.45) is 0 Å². The van der Waals surface area contributed by atoms with Gasteiger partial charge in [0, 0.05) is 26.2 Å². The Morgan fingerprint density at radius 3 is 2.35 bits per heavy atom. The van der Waals surface area contributed by atoms with E-state index < -0.39 is 6.10 Å². The minimum absolute atomic E-state index is 0.426. The third-order valence-electron chi connectivity index (χ3n) is 3.15. The van der Waals surface area contributed by atoms with Crippen LogP contribution >= 0.6 is 0 Å². The Morgan fingerprint density at radius 1 is 1.10 bits per heavy atom. The number of nitrogens with one attached hydrogen (secondary N) is 2. The Hall–Kier alpha value is -1.63. The van der Waals surface area contributed by atoms with Gasteiger partial charge in [0.05, 0.1) is 6.10 Å². The van der Waals surface area contributed by atoms with Crippen molar-refractivity contribution in [1.82, 2.24) is 15.0 Å². The molecule has 112 valence electrons. The molecule has 0 bridgehead atoms. The van der Waals surface area contributed by atoms with E-state index in [2.05, 4.69) is 30.5 Å². The number of piperidine rings is 1. The first-order chi connectivity index (χ1) is 9.69. The molecule has 1 aromatic heterocycles. The molecule has 2 heterocycles. The molecule has 1 aliphatic heterocycles. The summed E-state index contributed by atoms with van der Waals surface area (Å²) >= 11 is 0. The van der Waals surface area contributed by atoms with Crippen molar-refractivity contribution in [3.8, 4) is 0 Å². The van der Waals surface area contributed by atoms with E-state index in [0.29, 0.717) is 24.4 Å². The number of aliphatic hydroxyl groups excluding tert-OH is 1. The van der Waals surface area contributed by atoms with Gasteiger partial charge in [0.25, 0.3) is 0 Å². The first kappa shape index (κ1) is 14.8. The standard InChI is InChI=1S/C13H24N6O/c1-3-14-11-16-12(15-9-10(2)20)18-13(17-11)19-7-5-4-6-8-19/h10,20H,3-9H2,1-2H3,(H2,14,15,16,17,18). The van der Waals surface area contributed by atoms with E-state index in [9.17, 15) is 5.11 Å². The molecule has 0 amide bonds. The maximum atomic E-state index is 9.34. The molecular weight excluding hydrogens is 256 g/mol. The lowest BCUT2D eigenvalue weighted by molar-refractivity contribution is 0.208. The Morgan fingerprint density at radius 2 is 1.75 bits per heavy atom. The Kier molecular flexibility index (Phi) is 5.34. The summed E-state index contributed by atoms with van der Waals surface area (Å²) in [6, 6.07) is 0. The maximum absolute atomic E-state index is 9.34. The van der Waals surface area contributed by atoms with Gasteiger partial charge < -0.3 is 20.6 Å². The third-order valence-corrected chi connectivity index (χ3v) is 3.15. The molecule has 20 heavy (non-hydrogen) atoms. The quantitative estimate of drug-likeness (QED) is 0.719. The number of aromatic nitrogens is 3. The van der Waals surface area contributed by atoms with Crippen LogP contribution in [0.1, 0.15) is 33.1 Å². The molecule has 0 aliphatic carbocycles. The summed E-state index contributed by atoms with van der Waals surface area (Å²) in [5, 5.41) is 15.5. The van der Waals surface area contributed by atoms with Gasteiger partial charge in [-0.15, -0.1) is 0 Å². The second-order valence-electron chi connectivity index (χ2n) is 5.09. The van der Waals surface area contributed by atoms with Gasteiger partial charge in [-0.3, -0.25) is 0 Å². The molecule has 1 aliphatic rings. The minimum atomic E-state index is -0.437. The van der Waals surface area contributed by atoms with Gasteiger partial charge in [0.15, 0.2) is 0 Å². The van der Waals surface area contributed by atoms with E-state index in [1.165, 1.54) is 19.3 Å².